The summed E-state index contributed by atoms with van der Waals surface area (Å²) in [7, 11) is 0. The average Bonchev–Trinajstić information content (AvgIpc) is 2.67. The van der Waals surface area contributed by atoms with Crippen LogP contribution in [0.15, 0.2) is 23.4 Å². The van der Waals surface area contributed by atoms with Gasteiger partial charge in [-0.2, -0.15) is 0 Å². The van der Waals surface area contributed by atoms with Gasteiger partial charge < -0.3 is 20.2 Å². The Kier molecular flexibility index (Phi) is 12.6. The molecule has 0 radical (unpaired) electrons. The van der Waals surface area contributed by atoms with E-state index in [2.05, 4.69) is 12.1 Å². The summed E-state index contributed by atoms with van der Waals surface area (Å²) in [6.45, 7) is 3.78. The maximum Gasteiger partial charge on any atom is 0.145 e. The lowest BCUT2D eigenvalue weighted by Gasteiger charge is -2.11. The summed E-state index contributed by atoms with van der Waals surface area (Å²) in [5.74, 6) is 0.182. The molecular weight excluding hydrogens is 342 g/mol. The summed E-state index contributed by atoms with van der Waals surface area (Å²) in [4.78, 5) is 5.20. The maximum atomic E-state index is 10.2. The Morgan fingerprint density at radius 1 is 1.04 bits per heavy atom. The van der Waals surface area contributed by atoms with Gasteiger partial charge in [-0.1, -0.05) is 75.1 Å². The van der Waals surface area contributed by atoms with Crippen molar-refractivity contribution in [3.8, 4) is 5.75 Å². The van der Waals surface area contributed by atoms with E-state index in [4.69, 9.17) is 9.94 Å². The molecule has 5 nitrogen and oxygen atoms in total. The zero-order chi connectivity index (χ0) is 19.9. The first-order chi connectivity index (χ1) is 13.1. The second-order valence-electron chi connectivity index (χ2n) is 7.27. The average molecular weight is 380 g/mol. The summed E-state index contributed by atoms with van der Waals surface area (Å²) < 4.78 is 0. The van der Waals surface area contributed by atoms with E-state index in [1.807, 2.05) is 19.1 Å². The number of hydrogen-bond donors (Lipinski definition) is 3. The highest BCUT2D eigenvalue weighted by Gasteiger charge is 2.11. The minimum atomic E-state index is -0.950. The first-order valence-electron chi connectivity index (χ1n) is 10.4. The van der Waals surface area contributed by atoms with Crippen molar-refractivity contribution in [1.29, 1.82) is 0 Å². The molecule has 0 fully saturated rings. The van der Waals surface area contributed by atoms with E-state index in [0.717, 1.165) is 18.4 Å². The molecule has 0 aliphatic carbocycles. The van der Waals surface area contributed by atoms with E-state index in [0.29, 0.717) is 17.7 Å². The van der Waals surface area contributed by atoms with Crippen molar-refractivity contribution < 1.29 is 20.2 Å². The van der Waals surface area contributed by atoms with E-state index in [-0.39, 0.29) is 19.0 Å². The number of hydrogen-bond acceptors (Lipinski definition) is 5. The Hall–Kier alpha value is -1.59. The van der Waals surface area contributed by atoms with E-state index in [1.54, 1.807) is 6.07 Å². The molecule has 0 spiro atoms. The van der Waals surface area contributed by atoms with E-state index < -0.39 is 6.10 Å². The monoisotopic (exact) mass is 379 g/mol. The van der Waals surface area contributed by atoms with Gasteiger partial charge in [0.15, 0.2) is 0 Å². The number of unbranched alkanes of at least 4 members (excludes halogenated alkanes) is 8. The van der Waals surface area contributed by atoms with Gasteiger partial charge in [-0.25, -0.2) is 0 Å². The van der Waals surface area contributed by atoms with Crippen LogP contribution >= 0.6 is 0 Å². The van der Waals surface area contributed by atoms with Crippen LogP contribution in [0, 0.1) is 6.92 Å². The highest BCUT2D eigenvalue weighted by Crippen LogP contribution is 2.22. The summed E-state index contributed by atoms with van der Waals surface area (Å²) >= 11 is 0. The first-order valence-corrected chi connectivity index (χ1v) is 10.4. The number of rotatable bonds is 15. The third kappa shape index (κ3) is 10.4. The van der Waals surface area contributed by atoms with Crippen molar-refractivity contribution in [3.05, 3.63) is 29.3 Å². The molecule has 0 amide bonds. The van der Waals surface area contributed by atoms with Crippen molar-refractivity contribution >= 4 is 5.71 Å². The number of aromatic hydroxyl groups is 1. The van der Waals surface area contributed by atoms with Gasteiger partial charge in [0.05, 0.1) is 12.3 Å². The first kappa shape index (κ1) is 23.4. The number of oxime groups is 1. The molecule has 154 valence electrons. The van der Waals surface area contributed by atoms with E-state index in [1.165, 1.54) is 44.9 Å². The van der Waals surface area contributed by atoms with Gasteiger partial charge in [0.2, 0.25) is 0 Å². The summed E-state index contributed by atoms with van der Waals surface area (Å²) in [6, 6.07) is 5.41. The van der Waals surface area contributed by atoms with Gasteiger partial charge in [-0.15, -0.1) is 0 Å². The number of aliphatic hydroxyl groups is 2. The molecule has 0 bridgehead atoms. The summed E-state index contributed by atoms with van der Waals surface area (Å²) in [5, 5.41) is 32.6. The van der Waals surface area contributed by atoms with Crippen LogP contribution in [0.2, 0.25) is 0 Å². The van der Waals surface area contributed by atoms with Crippen LogP contribution in [0.5, 0.6) is 5.75 Å². The fraction of sp³-hybridized carbons (Fsp3) is 0.682. The Bertz CT molecular complexity index is 545. The Morgan fingerprint density at radius 2 is 1.67 bits per heavy atom. The third-order valence-corrected chi connectivity index (χ3v) is 4.63. The topological polar surface area (TPSA) is 82.3 Å². The van der Waals surface area contributed by atoms with Crippen molar-refractivity contribution in [2.45, 2.75) is 84.2 Å². The number of benzene rings is 1. The summed E-state index contributed by atoms with van der Waals surface area (Å²) in [6.07, 6.45) is 10.9. The minimum Gasteiger partial charge on any atom is -0.507 e. The second-order valence-corrected chi connectivity index (χ2v) is 7.27. The molecule has 0 aromatic heterocycles. The largest absolute Gasteiger partial charge is 0.507 e. The lowest BCUT2D eigenvalue weighted by Crippen LogP contribution is -2.18. The maximum absolute atomic E-state index is 10.2. The predicted molar refractivity (Wildman–Crippen MR) is 110 cm³/mol. The van der Waals surface area contributed by atoms with Crippen LogP contribution in [0.3, 0.4) is 0 Å². The van der Waals surface area contributed by atoms with Crippen LogP contribution in [-0.2, 0) is 4.84 Å². The smallest absolute Gasteiger partial charge is 0.145 e. The van der Waals surface area contributed by atoms with E-state index in [9.17, 15) is 10.2 Å². The van der Waals surface area contributed by atoms with Crippen LogP contribution in [0.1, 0.15) is 82.3 Å². The molecule has 0 saturated carbocycles. The molecule has 0 aliphatic rings. The zero-order valence-corrected chi connectivity index (χ0v) is 17.0. The quantitative estimate of drug-likeness (QED) is 0.234. The SMILES string of the molecule is CCCCCCCCCCC/C(=N/OCC(O)CO)c1cc(C)ccc1O. The van der Waals surface area contributed by atoms with Gasteiger partial charge in [-0.3, -0.25) is 0 Å². The third-order valence-electron chi connectivity index (χ3n) is 4.63. The normalized spacial score (nSPS) is 13.0. The van der Waals surface area contributed by atoms with Gasteiger partial charge in [-0.05, 0) is 31.9 Å². The van der Waals surface area contributed by atoms with Gasteiger partial charge in [0.1, 0.15) is 18.5 Å². The number of aliphatic hydroxyl groups excluding tert-OH is 2. The van der Waals surface area contributed by atoms with Gasteiger partial charge in [0.25, 0.3) is 0 Å². The Morgan fingerprint density at radius 3 is 2.30 bits per heavy atom. The lowest BCUT2D eigenvalue weighted by atomic mass is 10.00. The molecule has 3 N–H and O–H groups in total. The van der Waals surface area contributed by atoms with Crippen molar-refractivity contribution in [2.75, 3.05) is 13.2 Å². The zero-order valence-electron chi connectivity index (χ0n) is 17.0. The molecule has 0 heterocycles. The fourth-order valence-corrected chi connectivity index (χ4v) is 2.97. The lowest BCUT2D eigenvalue weighted by molar-refractivity contribution is 0.00818. The molecule has 0 saturated heterocycles. The molecule has 1 unspecified atom stereocenters. The Labute approximate surface area is 164 Å². The van der Waals surface area contributed by atoms with Crippen LogP contribution < -0.4 is 0 Å². The highest BCUT2D eigenvalue weighted by atomic mass is 16.6. The van der Waals surface area contributed by atoms with Gasteiger partial charge in [0, 0.05) is 5.56 Å². The van der Waals surface area contributed by atoms with Crippen LogP contribution in [-0.4, -0.2) is 40.3 Å². The number of phenolic OH excluding ortho intramolecular Hbond substituents is 1. The van der Waals surface area contributed by atoms with Crippen LogP contribution in [0.4, 0.5) is 0 Å². The number of nitrogens with zero attached hydrogens (tertiary/aromatic N) is 1. The molecule has 27 heavy (non-hydrogen) atoms. The van der Waals surface area contributed by atoms with Crippen molar-refractivity contribution in [3.63, 3.8) is 0 Å². The summed E-state index contributed by atoms with van der Waals surface area (Å²) in [5.41, 5.74) is 2.40. The fourth-order valence-electron chi connectivity index (χ4n) is 2.97. The predicted octanol–water partition coefficient (Wildman–Crippen LogP) is 4.70. The highest BCUT2D eigenvalue weighted by molar-refractivity contribution is 6.02. The number of phenols is 1. The van der Waals surface area contributed by atoms with Crippen LogP contribution in [0.25, 0.3) is 0 Å². The van der Waals surface area contributed by atoms with Crippen molar-refractivity contribution in [1.82, 2.24) is 0 Å². The molecule has 1 aromatic carbocycles. The molecule has 5 heteroatoms. The Balaban J connectivity index is 2.50. The molecular formula is C22H37NO4. The second kappa shape index (κ2) is 14.5. The van der Waals surface area contributed by atoms with E-state index >= 15 is 0 Å². The standard InChI is InChI=1S/C22H37NO4/c1-3-4-5-6-7-8-9-10-11-12-21(23-27-17-19(25)16-24)20-15-18(2)13-14-22(20)26/h13-15,19,24-26H,3-12,16-17H2,1-2H3/b23-21-. The minimum absolute atomic E-state index is 0.0651. The van der Waals surface area contributed by atoms with Crippen molar-refractivity contribution in [2.24, 2.45) is 5.16 Å². The molecule has 1 rings (SSSR count). The molecule has 0 aliphatic heterocycles. The number of aryl methyl sites for hydroxylation is 1. The van der Waals surface area contributed by atoms with Gasteiger partial charge >= 0.3 is 0 Å². The molecule has 1 aromatic rings. The molecule has 1 atom stereocenters.